The molecule has 0 rings (SSSR count). The van der Waals surface area contributed by atoms with Crippen LogP contribution in [0.15, 0.2) is 48.6 Å². The van der Waals surface area contributed by atoms with Crippen molar-refractivity contribution in [2.45, 2.75) is 225 Å². The Hall–Kier alpha value is -2.14. The number of carbonyl (C=O) groups excluding carboxylic acids is 2. The molecule has 0 aromatic heterocycles. The number of aliphatic hydroxyl groups is 1. The van der Waals surface area contributed by atoms with E-state index >= 15 is 0 Å². The Morgan fingerprint density at radius 2 is 0.769 bits per heavy atom. The molecule has 302 valence electrons. The Balaban J connectivity index is 3.54. The Bertz CT molecular complexity index is 873. The van der Waals surface area contributed by atoms with Crippen molar-refractivity contribution in [1.29, 1.82) is 0 Å². The molecule has 0 aromatic rings. The summed E-state index contributed by atoms with van der Waals surface area (Å²) in [5.41, 5.74) is 0. The fraction of sp³-hybridized carbons (Fsp3) is 0.787. The molecule has 0 fully saturated rings. The summed E-state index contributed by atoms with van der Waals surface area (Å²) < 4.78 is 10.6. The molecule has 0 bridgehead atoms. The highest BCUT2D eigenvalue weighted by Gasteiger charge is 2.16. The molecule has 0 heterocycles. The molecule has 0 aliphatic rings. The average Bonchev–Trinajstić information content (AvgIpc) is 3.15. The molecule has 0 saturated heterocycles. The van der Waals surface area contributed by atoms with Crippen molar-refractivity contribution in [3.8, 4) is 0 Å². The van der Waals surface area contributed by atoms with Crippen molar-refractivity contribution >= 4 is 11.9 Å². The SMILES string of the molecule is CCCCC/C=C/C/C=C/CCCCCCCCCCCC(=O)OC[C@H](CO)OC(=O)CCCCCCCCCCC/C=C/C/C=C/CCCCC. The Morgan fingerprint density at radius 1 is 0.442 bits per heavy atom. The van der Waals surface area contributed by atoms with Gasteiger partial charge >= 0.3 is 11.9 Å². The molecular formula is C47H84O5. The van der Waals surface area contributed by atoms with E-state index in [1.165, 1.54) is 141 Å². The molecule has 5 heteroatoms. The van der Waals surface area contributed by atoms with Crippen molar-refractivity contribution in [2.24, 2.45) is 0 Å². The quantitative estimate of drug-likeness (QED) is 0.0386. The van der Waals surface area contributed by atoms with Crippen LogP contribution in [0.5, 0.6) is 0 Å². The van der Waals surface area contributed by atoms with Crippen molar-refractivity contribution < 1.29 is 24.2 Å². The Kier molecular flexibility index (Phi) is 41.5. The highest BCUT2D eigenvalue weighted by molar-refractivity contribution is 5.70. The van der Waals surface area contributed by atoms with Crippen LogP contribution in [-0.2, 0) is 19.1 Å². The molecule has 1 atom stereocenters. The van der Waals surface area contributed by atoms with Crippen molar-refractivity contribution in [1.82, 2.24) is 0 Å². The first-order valence-corrected chi connectivity index (χ1v) is 22.2. The Morgan fingerprint density at radius 3 is 1.13 bits per heavy atom. The summed E-state index contributed by atoms with van der Waals surface area (Å²) >= 11 is 0. The predicted molar refractivity (Wildman–Crippen MR) is 224 cm³/mol. The van der Waals surface area contributed by atoms with Crippen LogP contribution in [0.1, 0.15) is 219 Å². The van der Waals surface area contributed by atoms with Crippen LogP contribution >= 0.6 is 0 Å². The lowest BCUT2D eigenvalue weighted by Crippen LogP contribution is -2.28. The second-order valence-corrected chi connectivity index (χ2v) is 14.8. The van der Waals surface area contributed by atoms with Gasteiger partial charge < -0.3 is 14.6 Å². The first-order chi connectivity index (χ1) is 25.6. The zero-order chi connectivity index (χ0) is 37.8. The van der Waals surface area contributed by atoms with Gasteiger partial charge in [0.15, 0.2) is 6.10 Å². The van der Waals surface area contributed by atoms with Gasteiger partial charge in [0.2, 0.25) is 0 Å². The van der Waals surface area contributed by atoms with Crippen LogP contribution in [0.3, 0.4) is 0 Å². The lowest BCUT2D eigenvalue weighted by molar-refractivity contribution is -0.161. The van der Waals surface area contributed by atoms with E-state index in [0.717, 1.165) is 51.4 Å². The van der Waals surface area contributed by atoms with E-state index in [-0.39, 0.29) is 25.2 Å². The molecule has 0 aliphatic heterocycles. The third kappa shape index (κ3) is 40.6. The Labute approximate surface area is 322 Å². The number of rotatable bonds is 40. The fourth-order valence-corrected chi connectivity index (χ4v) is 6.20. The van der Waals surface area contributed by atoms with Gasteiger partial charge in [-0.25, -0.2) is 0 Å². The maximum Gasteiger partial charge on any atom is 0.306 e. The highest BCUT2D eigenvalue weighted by atomic mass is 16.6. The van der Waals surface area contributed by atoms with E-state index in [4.69, 9.17) is 9.47 Å². The van der Waals surface area contributed by atoms with Crippen LogP contribution < -0.4 is 0 Å². The number of hydrogen-bond donors (Lipinski definition) is 1. The van der Waals surface area contributed by atoms with E-state index < -0.39 is 6.10 Å². The van der Waals surface area contributed by atoms with Gasteiger partial charge in [0.25, 0.3) is 0 Å². The minimum absolute atomic E-state index is 0.0696. The van der Waals surface area contributed by atoms with Gasteiger partial charge in [0.1, 0.15) is 6.61 Å². The summed E-state index contributed by atoms with van der Waals surface area (Å²) in [7, 11) is 0. The number of carbonyl (C=O) groups is 2. The summed E-state index contributed by atoms with van der Waals surface area (Å²) in [4.78, 5) is 24.3. The molecule has 0 amide bonds. The molecule has 0 aromatic carbocycles. The highest BCUT2D eigenvalue weighted by Crippen LogP contribution is 2.14. The average molecular weight is 729 g/mol. The molecule has 0 unspecified atom stereocenters. The number of aliphatic hydroxyl groups excluding tert-OH is 1. The van der Waals surface area contributed by atoms with Crippen molar-refractivity contribution in [3.05, 3.63) is 48.6 Å². The third-order valence-corrected chi connectivity index (χ3v) is 9.60. The minimum atomic E-state index is -0.776. The van der Waals surface area contributed by atoms with Gasteiger partial charge in [-0.05, 0) is 77.0 Å². The molecule has 0 saturated carbocycles. The zero-order valence-corrected chi connectivity index (χ0v) is 34.3. The second kappa shape index (κ2) is 43.3. The number of unbranched alkanes of at least 4 members (excludes halogenated alkanes) is 24. The van der Waals surface area contributed by atoms with Gasteiger partial charge in [-0.1, -0.05) is 178 Å². The summed E-state index contributed by atoms with van der Waals surface area (Å²) in [5, 5.41) is 9.59. The predicted octanol–water partition coefficient (Wildman–Crippen LogP) is 14.2. The molecule has 0 spiro atoms. The lowest BCUT2D eigenvalue weighted by atomic mass is 10.1. The largest absolute Gasteiger partial charge is 0.462 e. The van der Waals surface area contributed by atoms with E-state index in [0.29, 0.717) is 12.8 Å². The van der Waals surface area contributed by atoms with Crippen LogP contribution in [-0.4, -0.2) is 36.4 Å². The van der Waals surface area contributed by atoms with Gasteiger partial charge in [0, 0.05) is 12.8 Å². The second-order valence-electron chi connectivity index (χ2n) is 14.8. The normalized spacial score (nSPS) is 12.6. The van der Waals surface area contributed by atoms with E-state index in [1.807, 2.05) is 0 Å². The van der Waals surface area contributed by atoms with E-state index in [2.05, 4.69) is 62.5 Å². The van der Waals surface area contributed by atoms with Gasteiger partial charge in [0.05, 0.1) is 6.61 Å². The molecular weight excluding hydrogens is 645 g/mol. The lowest BCUT2D eigenvalue weighted by Gasteiger charge is -2.15. The maximum atomic E-state index is 12.2. The standard InChI is InChI=1S/C47H84O5/c1-3-5-7-9-11-13-15-17-19-21-23-25-27-29-31-33-35-37-39-41-46(49)51-44-45(43-48)52-47(50)42-40-38-36-34-32-30-28-26-24-22-20-18-16-14-12-10-8-6-4-2/h11-14,17-20,45,48H,3-10,15-16,21-44H2,1-2H3/b13-11+,14-12+,19-17+,20-18+/t45-/m0/s1. The molecule has 5 nitrogen and oxygen atoms in total. The third-order valence-electron chi connectivity index (χ3n) is 9.60. The van der Waals surface area contributed by atoms with E-state index in [1.54, 1.807) is 0 Å². The summed E-state index contributed by atoms with van der Waals surface area (Å²) in [5.74, 6) is -0.597. The monoisotopic (exact) mass is 729 g/mol. The first-order valence-electron chi connectivity index (χ1n) is 22.2. The van der Waals surface area contributed by atoms with Crippen LogP contribution in [0.25, 0.3) is 0 Å². The number of esters is 2. The summed E-state index contributed by atoms with van der Waals surface area (Å²) in [6.07, 6.45) is 54.6. The van der Waals surface area contributed by atoms with Crippen molar-refractivity contribution in [2.75, 3.05) is 13.2 Å². The van der Waals surface area contributed by atoms with Crippen LogP contribution in [0.4, 0.5) is 0 Å². The van der Waals surface area contributed by atoms with Crippen LogP contribution in [0.2, 0.25) is 0 Å². The maximum absolute atomic E-state index is 12.2. The molecule has 0 aliphatic carbocycles. The molecule has 52 heavy (non-hydrogen) atoms. The number of hydrogen-bond acceptors (Lipinski definition) is 5. The summed E-state index contributed by atoms with van der Waals surface area (Å²) in [6, 6.07) is 0. The van der Waals surface area contributed by atoms with E-state index in [9.17, 15) is 14.7 Å². The fourth-order valence-electron chi connectivity index (χ4n) is 6.20. The van der Waals surface area contributed by atoms with Crippen LogP contribution in [0, 0.1) is 0 Å². The van der Waals surface area contributed by atoms with Gasteiger partial charge in [-0.2, -0.15) is 0 Å². The van der Waals surface area contributed by atoms with Gasteiger partial charge in [-0.3, -0.25) is 9.59 Å². The number of allylic oxidation sites excluding steroid dienone is 8. The first kappa shape index (κ1) is 49.9. The van der Waals surface area contributed by atoms with Gasteiger partial charge in [-0.15, -0.1) is 0 Å². The number of ether oxygens (including phenoxy) is 2. The summed E-state index contributed by atoms with van der Waals surface area (Å²) in [6.45, 7) is 4.09. The minimum Gasteiger partial charge on any atom is -0.462 e. The van der Waals surface area contributed by atoms with Crippen molar-refractivity contribution in [3.63, 3.8) is 0 Å². The molecule has 1 N–H and O–H groups in total. The zero-order valence-electron chi connectivity index (χ0n) is 34.3. The molecule has 0 radical (unpaired) electrons. The topological polar surface area (TPSA) is 72.8 Å². The smallest absolute Gasteiger partial charge is 0.306 e.